The Morgan fingerprint density at radius 2 is 1.84 bits per heavy atom. The van der Waals surface area contributed by atoms with Crippen molar-refractivity contribution in [3.05, 3.63) is 54.1 Å². The fraction of sp³-hybridized carbons (Fsp3) is 0.435. The van der Waals surface area contributed by atoms with E-state index < -0.39 is 10.0 Å². The number of sulfonamides is 1. The van der Waals surface area contributed by atoms with Gasteiger partial charge in [0.1, 0.15) is 5.75 Å². The second-order valence-corrected chi connectivity index (χ2v) is 9.79. The molecule has 8 heteroatoms. The van der Waals surface area contributed by atoms with Gasteiger partial charge in [0.15, 0.2) is 0 Å². The molecule has 2 N–H and O–H groups in total. The minimum atomic E-state index is -3.62. The first-order valence-electron chi connectivity index (χ1n) is 10.6. The Morgan fingerprint density at radius 3 is 2.45 bits per heavy atom. The van der Waals surface area contributed by atoms with Crippen molar-refractivity contribution in [1.82, 2.24) is 4.72 Å². The van der Waals surface area contributed by atoms with E-state index in [9.17, 15) is 13.2 Å². The number of anilines is 1. The van der Waals surface area contributed by atoms with Crippen LogP contribution in [0.3, 0.4) is 0 Å². The lowest BCUT2D eigenvalue weighted by molar-refractivity contribution is 0.102. The molecule has 7 nitrogen and oxygen atoms in total. The Kier molecular flexibility index (Phi) is 8.06. The second-order valence-electron chi connectivity index (χ2n) is 8.02. The molecule has 1 amide bonds. The van der Waals surface area contributed by atoms with Crippen LogP contribution in [0, 0.1) is 5.92 Å². The Labute approximate surface area is 184 Å². The van der Waals surface area contributed by atoms with Crippen LogP contribution in [0.25, 0.3) is 0 Å². The molecule has 1 aliphatic heterocycles. The zero-order chi connectivity index (χ0) is 22.3. The number of rotatable bonds is 10. The molecule has 1 fully saturated rings. The van der Waals surface area contributed by atoms with E-state index in [1.807, 2.05) is 0 Å². The molecule has 1 atom stereocenters. The number of amides is 1. The quantitative estimate of drug-likeness (QED) is 0.579. The molecule has 0 bridgehead atoms. The van der Waals surface area contributed by atoms with E-state index in [1.54, 1.807) is 36.4 Å². The van der Waals surface area contributed by atoms with Crippen molar-refractivity contribution in [2.75, 3.05) is 25.1 Å². The summed E-state index contributed by atoms with van der Waals surface area (Å²) < 4.78 is 38.5. The Bertz CT molecular complexity index is 950. The van der Waals surface area contributed by atoms with E-state index in [-0.39, 0.29) is 23.5 Å². The number of nitrogens with one attached hydrogen (secondary N) is 2. The summed E-state index contributed by atoms with van der Waals surface area (Å²) in [6.07, 6.45) is 2.71. The van der Waals surface area contributed by atoms with Crippen molar-refractivity contribution in [3.63, 3.8) is 0 Å². The monoisotopic (exact) mass is 446 g/mol. The van der Waals surface area contributed by atoms with Gasteiger partial charge in [-0.05, 0) is 73.7 Å². The van der Waals surface area contributed by atoms with Crippen LogP contribution in [0.1, 0.15) is 43.5 Å². The molecule has 1 heterocycles. The number of benzene rings is 2. The van der Waals surface area contributed by atoms with Gasteiger partial charge in [-0.25, -0.2) is 13.1 Å². The van der Waals surface area contributed by atoms with Gasteiger partial charge >= 0.3 is 0 Å². The van der Waals surface area contributed by atoms with Gasteiger partial charge in [0.25, 0.3) is 5.91 Å². The molecule has 0 radical (unpaired) electrons. The lowest BCUT2D eigenvalue weighted by Gasteiger charge is -2.12. The SMILES string of the molecule is CC(C)CCOc1ccc(C(=O)Nc2ccc(S(=O)(=O)NCC3CCCO3)cc2)cc1. The third kappa shape index (κ3) is 7.05. The largest absolute Gasteiger partial charge is 0.494 e. The number of hydrogen-bond acceptors (Lipinski definition) is 5. The topological polar surface area (TPSA) is 93.7 Å². The van der Waals surface area contributed by atoms with Crippen molar-refractivity contribution in [2.45, 2.75) is 44.1 Å². The normalized spacial score (nSPS) is 16.4. The summed E-state index contributed by atoms with van der Waals surface area (Å²) in [6, 6.07) is 13.0. The maximum atomic E-state index is 12.5. The highest BCUT2D eigenvalue weighted by molar-refractivity contribution is 7.89. The van der Waals surface area contributed by atoms with E-state index in [4.69, 9.17) is 9.47 Å². The first-order chi connectivity index (χ1) is 14.8. The number of carbonyl (C=O) groups excluding carboxylic acids is 1. The van der Waals surface area contributed by atoms with Gasteiger partial charge in [0.05, 0.1) is 17.6 Å². The molecule has 0 spiro atoms. The maximum Gasteiger partial charge on any atom is 0.255 e. The third-order valence-corrected chi connectivity index (χ3v) is 6.47. The van der Waals surface area contributed by atoms with Crippen LogP contribution in [0.5, 0.6) is 5.75 Å². The zero-order valence-corrected chi connectivity index (χ0v) is 18.8. The zero-order valence-electron chi connectivity index (χ0n) is 18.0. The van der Waals surface area contributed by atoms with Crippen LogP contribution in [0.2, 0.25) is 0 Å². The Hall–Kier alpha value is -2.42. The minimum absolute atomic E-state index is 0.0691. The lowest BCUT2D eigenvalue weighted by atomic mass is 10.1. The molecule has 2 aromatic rings. The van der Waals surface area contributed by atoms with E-state index in [2.05, 4.69) is 23.9 Å². The standard InChI is InChI=1S/C23H30N2O5S/c1-17(2)13-15-30-20-9-5-18(6-10-20)23(26)25-19-7-11-22(12-8-19)31(27,28)24-16-21-4-3-14-29-21/h5-12,17,21,24H,3-4,13-16H2,1-2H3,(H,25,26). The molecule has 0 aliphatic carbocycles. The van der Waals surface area contributed by atoms with E-state index in [1.165, 1.54) is 12.1 Å². The predicted octanol–water partition coefficient (Wildman–Crippen LogP) is 3.82. The predicted molar refractivity (Wildman–Crippen MR) is 120 cm³/mol. The fourth-order valence-corrected chi connectivity index (χ4v) is 4.19. The summed E-state index contributed by atoms with van der Waals surface area (Å²) in [6.45, 7) is 5.86. The van der Waals surface area contributed by atoms with Crippen LogP contribution in [-0.2, 0) is 14.8 Å². The lowest BCUT2D eigenvalue weighted by Crippen LogP contribution is -2.31. The first kappa shape index (κ1) is 23.2. The van der Waals surface area contributed by atoms with Crippen molar-refractivity contribution < 1.29 is 22.7 Å². The van der Waals surface area contributed by atoms with Crippen LogP contribution < -0.4 is 14.8 Å². The van der Waals surface area contributed by atoms with Gasteiger partial charge in [0, 0.05) is 24.4 Å². The van der Waals surface area contributed by atoms with E-state index in [0.29, 0.717) is 30.4 Å². The summed E-state index contributed by atoms with van der Waals surface area (Å²) in [7, 11) is -3.62. The smallest absolute Gasteiger partial charge is 0.255 e. The Balaban J connectivity index is 1.53. The molecule has 1 aliphatic rings. The molecular weight excluding hydrogens is 416 g/mol. The van der Waals surface area contributed by atoms with E-state index in [0.717, 1.165) is 25.0 Å². The highest BCUT2D eigenvalue weighted by Crippen LogP contribution is 2.18. The summed E-state index contributed by atoms with van der Waals surface area (Å²) in [5, 5.41) is 2.78. The van der Waals surface area contributed by atoms with Crippen LogP contribution >= 0.6 is 0 Å². The van der Waals surface area contributed by atoms with Gasteiger partial charge in [0.2, 0.25) is 10.0 Å². The first-order valence-corrected chi connectivity index (χ1v) is 12.1. The van der Waals surface area contributed by atoms with Gasteiger partial charge in [-0.2, -0.15) is 0 Å². The van der Waals surface area contributed by atoms with Gasteiger partial charge in [-0.3, -0.25) is 4.79 Å². The van der Waals surface area contributed by atoms with Crippen LogP contribution in [0.4, 0.5) is 5.69 Å². The summed E-state index contributed by atoms with van der Waals surface area (Å²) in [5.41, 5.74) is 1.01. The summed E-state index contributed by atoms with van der Waals surface area (Å²) in [5.74, 6) is 1.02. The molecule has 3 rings (SSSR count). The van der Waals surface area contributed by atoms with Gasteiger partial charge in [-0.1, -0.05) is 13.8 Å². The van der Waals surface area contributed by atoms with Crippen molar-refractivity contribution in [2.24, 2.45) is 5.92 Å². The van der Waals surface area contributed by atoms with Crippen molar-refractivity contribution >= 4 is 21.6 Å². The third-order valence-electron chi connectivity index (χ3n) is 5.03. The molecule has 2 aromatic carbocycles. The second kappa shape index (κ2) is 10.7. The van der Waals surface area contributed by atoms with Crippen LogP contribution in [-0.4, -0.2) is 40.2 Å². The summed E-state index contributed by atoms with van der Waals surface area (Å²) in [4.78, 5) is 12.6. The molecule has 1 saturated heterocycles. The highest BCUT2D eigenvalue weighted by atomic mass is 32.2. The molecular formula is C23H30N2O5S. The molecule has 0 saturated carbocycles. The number of ether oxygens (including phenoxy) is 2. The number of carbonyl (C=O) groups is 1. The maximum absolute atomic E-state index is 12.5. The molecule has 168 valence electrons. The molecule has 31 heavy (non-hydrogen) atoms. The van der Waals surface area contributed by atoms with Crippen molar-refractivity contribution in [1.29, 1.82) is 0 Å². The highest BCUT2D eigenvalue weighted by Gasteiger charge is 2.20. The van der Waals surface area contributed by atoms with Gasteiger partial charge < -0.3 is 14.8 Å². The van der Waals surface area contributed by atoms with Crippen LogP contribution in [0.15, 0.2) is 53.4 Å². The summed E-state index contributed by atoms with van der Waals surface area (Å²) >= 11 is 0. The Morgan fingerprint density at radius 1 is 1.13 bits per heavy atom. The average Bonchev–Trinajstić information content (AvgIpc) is 3.27. The number of hydrogen-bond donors (Lipinski definition) is 2. The molecule has 1 unspecified atom stereocenters. The average molecular weight is 447 g/mol. The van der Waals surface area contributed by atoms with Gasteiger partial charge in [-0.15, -0.1) is 0 Å². The fourth-order valence-electron chi connectivity index (χ4n) is 3.13. The van der Waals surface area contributed by atoms with E-state index >= 15 is 0 Å². The van der Waals surface area contributed by atoms with Crippen molar-refractivity contribution in [3.8, 4) is 5.75 Å². The minimum Gasteiger partial charge on any atom is -0.494 e. The molecule has 0 aromatic heterocycles.